The Balaban J connectivity index is 1.98. The molecule has 0 radical (unpaired) electrons. The summed E-state index contributed by atoms with van der Waals surface area (Å²) in [5.41, 5.74) is 7.60. The van der Waals surface area contributed by atoms with Crippen molar-refractivity contribution in [3.8, 4) is 5.75 Å². The second-order valence-corrected chi connectivity index (χ2v) is 5.63. The third-order valence-electron chi connectivity index (χ3n) is 3.36. The Labute approximate surface area is 116 Å². The fraction of sp³-hybridized carbons (Fsp3) is 0.125. The van der Waals surface area contributed by atoms with Crippen LogP contribution in [0.25, 0.3) is 10.8 Å². The van der Waals surface area contributed by atoms with Crippen molar-refractivity contribution >= 4 is 27.8 Å². The summed E-state index contributed by atoms with van der Waals surface area (Å²) in [5, 5.41) is 14.3. The quantitative estimate of drug-likeness (QED) is 0.707. The lowest BCUT2D eigenvalue weighted by Crippen LogP contribution is -1.97. The van der Waals surface area contributed by atoms with E-state index >= 15 is 0 Å². The highest BCUT2D eigenvalue weighted by atomic mass is 32.1. The van der Waals surface area contributed by atoms with Crippen LogP contribution in [0.3, 0.4) is 0 Å². The molecule has 3 heteroatoms. The summed E-state index contributed by atoms with van der Waals surface area (Å²) in [6, 6.07) is 13.9. The summed E-state index contributed by atoms with van der Waals surface area (Å²) in [6.07, 6.45) is 1.68. The molecule has 2 nitrogen and oxygen atoms in total. The van der Waals surface area contributed by atoms with Gasteiger partial charge in [-0.3, -0.25) is 0 Å². The first-order chi connectivity index (χ1) is 9.25. The number of hydrogen-bond donors (Lipinski definition) is 2. The van der Waals surface area contributed by atoms with Crippen LogP contribution in [-0.2, 0) is 12.8 Å². The van der Waals surface area contributed by atoms with Gasteiger partial charge in [-0.25, -0.2) is 0 Å². The van der Waals surface area contributed by atoms with Gasteiger partial charge in [0.15, 0.2) is 0 Å². The van der Waals surface area contributed by atoms with Crippen molar-refractivity contribution < 1.29 is 5.11 Å². The molecule has 3 aromatic rings. The minimum absolute atomic E-state index is 0.326. The Hall–Kier alpha value is -2.00. The Kier molecular flexibility index (Phi) is 3.13. The van der Waals surface area contributed by atoms with Crippen LogP contribution in [-0.4, -0.2) is 5.11 Å². The van der Waals surface area contributed by atoms with E-state index < -0.39 is 0 Å². The average Bonchev–Trinajstić information content (AvgIpc) is 2.92. The zero-order valence-electron chi connectivity index (χ0n) is 10.5. The number of benzene rings is 2. The average molecular weight is 269 g/mol. The van der Waals surface area contributed by atoms with Gasteiger partial charge in [-0.1, -0.05) is 30.3 Å². The summed E-state index contributed by atoms with van der Waals surface area (Å²) in [5.74, 6) is 0.326. The van der Waals surface area contributed by atoms with E-state index in [4.69, 9.17) is 5.73 Å². The molecular weight excluding hydrogens is 254 g/mol. The smallest absolute Gasteiger partial charge is 0.128 e. The second kappa shape index (κ2) is 4.94. The highest BCUT2D eigenvalue weighted by Gasteiger charge is 2.10. The Morgan fingerprint density at radius 2 is 1.89 bits per heavy atom. The fourth-order valence-electron chi connectivity index (χ4n) is 2.36. The van der Waals surface area contributed by atoms with Crippen LogP contribution in [0.5, 0.6) is 5.75 Å². The number of aromatic hydroxyl groups is 1. The van der Waals surface area contributed by atoms with Crippen molar-refractivity contribution in [1.82, 2.24) is 0 Å². The standard InChI is InChI=1S/C16H15NOS/c17-15-10-11-4-1-2-6-13(11)16(18)14(15)8-7-12-5-3-9-19-12/h1-6,9-10,18H,7-8,17H2. The fourth-order valence-corrected chi connectivity index (χ4v) is 3.07. The van der Waals surface area contributed by atoms with Crippen LogP contribution in [0.2, 0.25) is 0 Å². The van der Waals surface area contributed by atoms with Crippen LogP contribution in [0, 0.1) is 0 Å². The third kappa shape index (κ3) is 2.29. The van der Waals surface area contributed by atoms with E-state index in [2.05, 4.69) is 11.4 Å². The summed E-state index contributed by atoms with van der Waals surface area (Å²) in [4.78, 5) is 1.31. The zero-order chi connectivity index (χ0) is 13.2. The molecule has 0 fully saturated rings. The lowest BCUT2D eigenvalue weighted by molar-refractivity contribution is 0.475. The molecular formula is C16H15NOS. The molecule has 0 saturated carbocycles. The van der Waals surface area contributed by atoms with E-state index in [-0.39, 0.29) is 0 Å². The SMILES string of the molecule is Nc1cc2ccccc2c(O)c1CCc1cccs1. The van der Waals surface area contributed by atoms with E-state index in [0.717, 1.165) is 29.2 Å². The first-order valence-corrected chi connectivity index (χ1v) is 7.15. The van der Waals surface area contributed by atoms with Gasteiger partial charge >= 0.3 is 0 Å². The Morgan fingerprint density at radius 3 is 2.68 bits per heavy atom. The largest absolute Gasteiger partial charge is 0.507 e. The molecule has 0 unspecified atom stereocenters. The van der Waals surface area contributed by atoms with E-state index in [0.29, 0.717) is 11.4 Å². The van der Waals surface area contributed by atoms with Crippen molar-refractivity contribution in [3.05, 3.63) is 58.3 Å². The van der Waals surface area contributed by atoms with Gasteiger partial charge < -0.3 is 10.8 Å². The van der Waals surface area contributed by atoms with E-state index in [1.165, 1.54) is 4.88 Å². The predicted octanol–water partition coefficient (Wildman–Crippen LogP) is 3.97. The number of phenols is 1. The number of anilines is 1. The Morgan fingerprint density at radius 1 is 1.05 bits per heavy atom. The van der Waals surface area contributed by atoms with Crippen molar-refractivity contribution in [3.63, 3.8) is 0 Å². The number of hydrogen-bond acceptors (Lipinski definition) is 3. The van der Waals surface area contributed by atoms with Crippen LogP contribution < -0.4 is 5.73 Å². The number of thiophene rings is 1. The molecule has 2 aromatic carbocycles. The molecule has 3 N–H and O–H groups in total. The highest BCUT2D eigenvalue weighted by Crippen LogP contribution is 2.34. The van der Waals surface area contributed by atoms with Gasteiger partial charge in [0.2, 0.25) is 0 Å². The second-order valence-electron chi connectivity index (χ2n) is 4.59. The van der Waals surface area contributed by atoms with Gasteiger partial charge in [0.1, 0.15) is 5.75 Å². The van der Waals surface area contributed by atoms with Crippen molar-refractivity contribution in [1.29, 1.82) is 0 Å². The van der Waals surface area contributed by atoms with Crippen molar-refractivity contribution in [2.45, 2.75) is 12.8 Å². The van der Waals surface area contributed by atoms with Crippen LogP contribution in [0.15, 0.2) is 47.8 Å². The van der Waals surface area contributed by atoms with Gasteiger partial charge in [0.05, 0.1) is 0 Å². The number of nitrogen functional groups attached to an aromatic ring is 1. The van der Waals surface area contributed by atoms with Crippen LogP contribution in [0.4, 0.5) is 5.69 Å². The summed E-state index contributed by atoms with van der Waals surface area (Å²) >= 11 is 1.74. The van der Waals surface area contributed by atoms with Gasteiger partial charge in [-0.05, 0) is 35.7 Å². The lowest BCUT2D eigenvalue weighted by Gasteiger charge is -2.11. The van der Waals surface area contributed by atoms with Gasteiger partial charge in [-0.2, -0.15) is 0 Å². The maximum Gasteiger partial charge on any atom is 0.128 e. The molecule has 1 heterocycles. The zero-order valence-corrected chi connectivity index (χ0v) is 11.3. The van der Waals surface area contributed by atoms with Crippen LogP contribution in [0.1, 0.15) is 10.4 Å². The van der Waals surface area contributed by atoms with Gasteiger partial charge in [0, 0.05) is 21.5 Å². The molecule has 0 spiro atoms. The first kappa shape index (κ1) is 12.1. The molecule has 0 aliphatic carbocycles. The molecule has 1 aromatic heterocycles. The molecule has 0 atom stereocenters. The third-order valence-corrected chi connectivity index (χ3v) is 4.30. The summed E-state index contributed by atoms with van der Waals surface area (Å²) in [7, 11) is 0. The van der Waals surface area contributed by atoms with Crippen molar-refractivity contribution in [2.24, 2.45) is 0 Å². The van der Waals surface area contributed by atoms with Crippen LogP contribution >= 0.6 is 11.3 Å². The molecule has 0 bridgehead atoms. The van der Waals surface area contributed by atoms with Crippen molar-refractivity contribution in [2.75, 3.05) is 5.73 Å². The highest BCUT2D eigenvalue weighted by molar-refractivity contribution is 7.09. The monoisotopic (exact) mass is 269 g/mol. The van der Waals surface area contributed by atoms with Gasteiger partial charge in [-0.15, -0.1) is 11.3 Å². The topological polar surface area (TPSA) is 46.2 Å². The minimum atomic E-state index is 0.326. The number of fused-ring (bicyclic) bond motifs is 1. The number of nitrogens with two attached hydrogens (primary N) is 1. The normalized spacial score (nSPS) is 10.9. The summed E-state index contributed by atoms with van der Waals surface area (Å²) < 4.78 is 0. The number of rotatable bonds is 3. The molecule has 3 rings (SSSR count). The molecule has 0 saturated heterocycles. The molecule has 19 heavy (non-hydrogen) atoms. The molecule has 0 aliphatic heterocycles. The van der Waals surface area contributed by atoms with E-state index in [1.54, 1.807) is 11.3 Å². The summed E-state index contributed by atoms with van der Waals surface area (Å²) in [6.45, 7) is 0. The maximum atomic E-state index is 10.4. The first-order valence-electron chi connectivity index (χ1n) is 6.27. The lowest BCUT2D eigenvalue weighted by atomic mass is 10.00. The minimum Gasteiger partial charge on any atom is -0.507 e. The number of phenolic OH excluding ortho intramolecular Hbond substituents is 1. The Bertz CT molecular complexity index is 704. The predicted molar refractivity (Wildman–Crippen MR) is 81.8 cm³/mol. The van der Waals surface area contributed by atoms with E-state index in [1.807, 2.05) is 36.4 Å². The van der Waals surface area contributed by atoms with Gasteiger partial charge in [0.25, 0.3) is 0 Å². The number of aryl methyl sites for hydroxylation is 1. The molecule has 96 valence electrons. The molecule has 0 amide bonds. The molecule has 0 aliphatic rings. The van der Waals surface area contributed by atoms with E-state index in [9.17, 15) is 5.11 Å². The maximum absolute atomic E-state index is 10.4.